The van der Waals surface area contributed by atoms with Crippen molar-refractivity contribution in [1.29, 1.82) is 0 Å². The Hall–Kier alpha value is -1.05. The lowest BCUT2D eigenvalue weighted by molar-refractivity contribution is -0.128. The largest absolute Gasteiger partial charge is 0.339 e. The number of carbonyl (C=O) groups excluding carboxylic acids is 1. The molecule has 0 heterocycles. The lowest BCUT2D eigenvalue weighted by Crippen LogP contribution is -2.29. The third-order valence-corrected chi connectivity index (χ3v) is 1.51. The van der Waals surface area contributed by atoms with Gasteiger partial charge in [-0.25, -0.2) is 0 Å². The fraction of sp³-hybridized carbons (Fsp3) is 0.444. The average molecular weight is 153 g/mol. The molecule has 0 aromatic carbocycles. The molecule has 0 unspecified atom stereocenters. The summed E-state index contributed by atoms with van der Waals surface area (Å²) in [6, 6.07) is 0. The standard InChI is InChI=1S/C9H15NO/c1-5-8(3)7-10(6-2)9(4)11/h5H,1,3,6-7H2,2,4H3. The highest BCUT2D eigenvalue weighted by Gasteiger charge is 2.04. The van der Waals surface area contributed by atoms with Crippen molar-refractivity contribution >= 4 is 5.91 Å². The molecular weight excluding hydrogens is 138 g/mol. The fourth-order valence-electron chi connectivity index (χ4n) is 0.756. The van der Waals surface area contributed by atoms with Crippen LogP contribution in [-0.2, 0) is 4.79 Å². The van der Waals surface area contributed by atoms with Crippen LogP contribution in [0.1, 0.15) is 13.8 Å². The van der Waals surface area contributed by atoms with Crippen LogP contribution in [0.5, 0.6) is 0 Å². The number of rotatable bonds is 4. The molecule has 0 aromatic heterocycles. The van der Waals surface area contributed by atoms with Gasteiger partial charge in [0.15, 0.2) is 0 Å². The zero-order valence-corrected chi connectivity index (χ0v) is 7.26. The third kappa shape index (κ3) is 3.61. The van der Waals surface area contributed by atoms with Crippen LogP contribution in [-0.4, -0.2) is 23.9 Å². The zero-order chi connectivity index (χ0) is 8.85. The molecule has 0 aliphatic carbocycles. The first-order valence-electron chi connectivity index (χ1n) is 3.67. The minimum absolute atomic E-state index is 0.0792. The van der Waals surface area contributed by atoms with Crippen molar-refractivity contribution in [2.75, 3.05) is 13.1 Å². The molecule has 0 saturated heterocycles. The first-order chi connectivity index (χ1) is 5.11. The van der Waals surface area contributed by atoms with Crippen molar-refractivity contribution in [1.82, 2.24) is 4.90 Å². The summed E-state index contributed by atoms with van der Waals surface area (Å²) in [5.41, 5.74) is 0.877. The molecule has 11 heavy (non-hydrogen) atoms. The van der Waals surface area contributed by atoms with Crippen LogP contribution in [0.2, 0.25) is 0 Å². The summed E-state index contributed by atoms with van der Waals surface area (Å²) >= 11 is 0. The molecule has 0 atom stereocenters. The highest BCUT2D eigenvalue weighted by atomic mass is 16.2. The number of hydrogen-bond acceptors (Lipinski definition) is 1. The normalized spacial score (nSPS) is 8.91. The van der Waals surface area contributed by atoms with E-state index in [1.54, 1.807) is 17.9 Å². The van der Waals surface area contributed by atoms with E-state index in [0.29, 0.717) is 6.54 Å². The second-order valence-electron chi connectivity index (χ2n) is 2.40. The van der Waals surface area contributed by atoms with Gasteiger partial charge in [0.25, 0.3) is 0 Å². The predicted octanol–water partition coefficient (Wildman–Crippen LogP) is 1.60. The quantitative estimate of drug-likeness (QED) is 0.562. The van der Waals surface area contributed by atoms with E-state index in [4.69, 9.17) is 0 Å². The van der Waals surface area contributed by atoms with Gasteiger partial charge < -0.3 is 4.90 Å². The minimum Gasteiger partial charge on any atom is -0.339 e. The van der Waals surface area contributed by atoms with Gasteiger partial charge in [-0.15, -0.1) is 0 Å². The number of hydrogen-bond donors (Lipinski definition) is 0. The van der Waals surface area contributed by atoms with E-state index in [0.717, 1.165) is 12.1 Å². The molecular formula is C9H15NO. The van der Waals surface area contributed by atoms with Gasteiger partial charge in [0.05, 0.1) is 0 Å². The van der Waals surface area contributed by atoms with E-state index in [-0.39, 0.29) is 5.91 Å². The Bertz CT molecular complexity index is 172. The summed E-state index contributed by atoms with van der Waals surface area (Å²) in [4.78, 5) is 12.6. The Morgan fingerprint density at radius 3 is 2.45 bits per heavy atom. The molecule has 2 nitrogen and oxygen atoms in total. The van der Waals surface area contributed by atoms with Crippen LogP contribution < -0.4 is 0 Å². The summed E-state index contributed by atoms with van der Waals surface area (Å²) in [7, 11) is 0. The number of likely N-dealkylation sites (N-methyl/N-ethyl adjacent to an activating group) is 1. The molecule has 2 heteroatoms. The first kappa shape index (κ1) is 9.95. The van der Waals surface area contributed by atoms with Gasteiger partial charge in [-0.1, -0.05) is 19.2 Å². The van der Waals surface area contributed by atoms with Crippen molar-refractivity contribution in [3.8, 4) is 0 Å². The molecule has 0 radical (unpaired) electrons. The molecule has 0 aliphatic heterocycles. The molecule has 0 bridgehead atoms. The van der Waals surface area contributed by atoms with Crippen LogP contribution in [0.4, 0.5) is 0 Å². The predicted molar refractivity (Wildman–Crippen MR) is 47.3 cm³/mol. The third-order valence-electron chi connectivity index (χ3n) is 1.51. The molecule has 62 valence electrons. The average Bonchev–Trinajstić information content (AvgIpc) is 1.99. The van der Waals surface area contributed by atoms with E-state index in [1.807, 2.05) is 6.92 Å². The maximum Gasteiger partial charge on any atom is 0.219 e. The number of amides is 1. The van der Waals surface area contributed by atoms with E-state index in [2.05, 4.69) is 13.2 Å². The minimum atomic E-state index is 0.0792. The van der Waals surface area contributed by atoms with Crippen LogP contribution in [0.3, 0.4) is 0 Å². The SMILES string of the molecule is C=CC(=C)CN(CC)C(C)=O. The van der Waals surface area contributed by atoms with Crippen LogP contribution in [0.25, 0.3) is 0 Å². The van der Waals surface area contributed by atoms with E-state index in [9.17, 15) is 4.79 Å². The van der Waals surface area contributed by atoms with Gasteiger partial charge in [-0.3, -0.25) is 4.79 Å². The fourth-order valence-corrected chi connectivity index (χ4v) is 0.756. The Labute approximate surface area is 68.2 Å². The van der Waals surface area contributed by atoms with Crippen LogP contribution in [0.15, 0.2) is 24.8 Å². The zero-order valence-electron chi connectivity index (χ0n) is 7.26. The molecule has 0 N–H and O–H groups in total. The lowest BCUT2D eigenvalue weighted by atomic mass is 10.3. The second-order valence-corrected chi connectivity index (χ2v) is 2.40. The Morgan fingerprint density at radius 1 is 1.64 bits per heavy atom. The highest BCUT2D eigenvalue weighted by Crippen LogP contribution is 1.97. The van der Waals surface area contributed by atoms with Crippen LogP contribution >= 0.6 is 0 Å². The van der Waals surface area contributed by atoms with Gasteiger partial charge in [-0.05, 0) is 12.5 Å². The summed E-state index contributed by atoms with van der Waals surface area (Å²) < 4.78 is 0. The van der Waals surface area contributed by atoms with Crippen molar-refractivity contribution in [3.05, 3.63) is 24.8 Å². The first-order valence-corrected chi connectivity index (χ1v) is 3.67. The van der Waals surface area contributed by atoms with Crippen LogP contribution in [0, 0.1) is 0 Å². The van der Waals surface area contributed by atoms with Gasteiger partial charge >= 0.3 is 0 Å². The Morgan fingerprint density at radius 2 is 2.18 bits per heavy atom. The van der Waals surface area contributed by atoms with Gasteiger partial charge in [0.1, 0.15) is 0 Å². The smallest absolute Gasteiger partial charge is 0.219 e. The van der Waals surface area contributed by atoms with E-state index < -0.39 is 0 Å². The van der Waals surface area contributed by atoms with Crippen molar-refractivity contribution < 1.29 is 4.79 Å². The molecule has 0 aliphatic rings. The Kier molecular flexibility index (Phi) is 4.27. The molecule has 0 spiro atoms. The van der Waals surface area contributed by atoms with E-state index >= 15 is 0 Å². The number of nitrogens with zero attached hydrogens (tertiary/aromatic N) is 1. The van der Waals surface area contributed by atoms with Gasteiger partial charge in [0, 0.05) is 20.0 Å². The Balaban J connectivity index is 3.97. The summed E-state index contributed by atoms with van der Waals surface area (Å²) in [6.45, 7) is 12.1. The van der Waals surface area contributed by atoms with Crippen molar-refractivity contribution in [2.45, 2.75) is 13.8 Å². The maximum absolute atomic E-state index is 10.9. The monoisotopic (exact) mass is 153 g/mol. The maximum atomic E-state index is 10.9. The van der Waals surface area contributed by atoms with Gasteiger partial charge in [-0.2, -0.15) is 0 Å². The second kappa shape index (κ2) is 4.72. The van der Waals surface area contributed by atoms with Crippen molar-refractivity contribution in [2.24, 2.45) is 0 Å². The topological polar surface area (TPSA) is 20.3 Å². The molecule has 0 aromatic rings. The summed E-state index contributed by atoms with van der Waals surface area (Å²) in [6.07, 6.45) is 1.67. The number of carbonyl (C=O) groups is 1. The molecule has 1 amide bonds. The molecule has 0 saturated carbocycles. The molecule has 0 rings (SSSR count). The van der Waals surface area contributed by atoms with Crippen molar-refractivity contribution in [3.63, 3.8) is 0 Å². The highest BCUT2D eigenvalue weighted by molar-refractivity contribution is 5.73. The summed E-state index contributed by atoms with van der Waals surface area (Å²) in [5, 5.41) is 0. The van der Waals surface area contributed by atoms with E-state index in [1.165, 1.54) is 0 Å². The molecule has 0 fully saturated rings. The van der Waals surface area contributed by atoms with Gasteiger partial charge in [0.2, 0.25) is 5.91 Å². The summed E-state index contributed by atoms with van der Waals surface area (Å²) in [5.74, 6) is 0.0792. The lowest BCUT2D eigenvalue weighted by Gasteiger charge is -2.18.